The van der Waals surface area contributed by atoms with Crippen LogP contribution in [0.15, 0.2) is 0 Å². The number of carboxylic acids is 1. The highest BCUT2D eigenvalue weighted by molar-refractivity contribution is 5.80. The molecule has 2 heterocycles. The zero-order chi connectivity index (χ0) is 14.6. The van der Waals surface area contributed by atoms with Gasteiger partial charge in [-0.3, -0.25) is 0 Å². The Morgan fingerprint density at radius 1 is 0.850 bits per heavy atom. The molecule has 0 aromatic rings. The molecule has 2 fully saturated rings. The van der Waals surface area contributed by atoms with Crippen molar-refractivity contribution in [3.05, 3.63) is 0 Å². The summed E-state index contributed by atoms with van der Waals surface area (Å²) in [7, 11) is 0. The maximum absolute atomic E-state index is 12.5. The van der Waals surface area contributed by atoms with Gasteiger partial charge in [-0.25, -0.2) is 9.59 Å². The molecule has 1 atom stereocenters. The summed E-state index contributed by atoms with van der Waals surface area (Å²) in [5.41, 5.74) is -1.78. The molecule has 1 unspecified atom stereocenters. The number of aliphatic carboxylic acids is 1. The number of aliphatic hydroxyl groups is 1. The molecule has 2 saturated heterocycles. The van der Waals surface area contributed by atoms with Gasteiger partial charge in [0.25, 0.3) is 0 Å². The Labute approximate surface area is 119 Å². The van der Waals surface area contributed by atoms with Crippen LogP contribution in [0.3, 0.4) is 0 Å². The lowest BCUT2D eigenvalue weighted by molar-refractivity contribution is -0.163. The summed E-state index contributed by atoms with van der Waals surface area (Å²) < 4.78 is 0. The monoisotopic (exact) mass is 284 g/mol. The van der Waals surface area contributed by atoms with E-state index in [0.717, 1.165) is 38.8 Å². The van der Waals surface area contributed by atoms with Crippen LogP contribution in [0.25, 0.3) is 0 Å². The third-order valence-electron chi connectivity index (χ3n) is 4.27. The third kappa shape index (κ3) is 3.42. The summed E-state index contributed by atoms with van der Waals surface area (Å²) in [6, 6.07) is -0.119. The Hall–Kier alpha value is -1.30. The van der Waals surface area contributed by atoms with Crippen molar-refractivity contribution in [3.8, 4) is 0 Å². The van der Waals surface area contributed by atoms with Gasteiger partial charge in [-0.15, -0.1) is 0 Å². The number of nitrogens with zero attached hydrogens (tertiary/aromatic N) is 2. The number of amides is 2. The molecule has 2 N–H and O–H groups in total. The van der Waals surface area contributed by atoms with Crippen molar-refractivity contribution in [1.29, 1.82) is 0 Å². The van der Waals surface area contributed by atoms with Gasteiger partial charge < -0.3 is 20.0 Å². The molecule has 114 valence electrons. The predicted octanol–water partition coefficient (Wildman–Crippen LogP) is 1.28. The second-order valence-electron chi connectivity index (χ2n) is 5.90. The van der Waals surface area contributed by atoms with Crippen molar-refractivity contribution in [2.45, 2.75) is 50.5 Å². The van der Waals surface area contributed by atoms with E-state index in [0.29, 0.717) is 13.0 Å². The average molecular weight is 284 g/mol. The highest BCUT2D eigenvalue weighted by Gasteiger charge is 2.42. The number of rotatable bonds is 1. The smallest absolute Gasteiger partial charge is 0.337 e. The van der Waals surface area contributed by atoms with E-state index in [1.54, 1.807) is 0 Å². The fourth-order valence-corrected chi connectivity index (χ4v) is 3.01. The van der Waals surface area contributed by atoms with Crippen LogP contribution in [0.1, 0.15) is 44.9 Å². The Morgan fingerprint density at radius 2 is 1.40 bits per heavy atom. The van der Waals surface area contributed by atoms with E-state index < -0.39 is 11.6 Å². The summed E-state index contributed by atoms with van der Waals surface area (Å²) in [6.45, 7) is 1.91. The number of hydrogen-bond acceptors (Lipinski definition) is 3. The molecule has 0 aliphatic carbocycles. The number of hydrogen-bond donors (Lipinski definition) is 2. The van der Waals surface area contributed by atoms with Crippen molar-refractivity contribution in [3.63, 3.8) is 0 Å². The summed E-state index contributed by atoms with van der Waals surface area (Å²) in [4.78, 5) is 26.9. The van der Waals surface area contributed by atoms with E-state index in [-0.39, 0.29) is 19.0 Å². The van der Waals surface area contributed by atoms with E-state index in [2.05, 4.69) is 0 Å². The molecule has 2 rings (SSSR count). The molecule has 0 bridgehead atoms. The molecule has 0 spiro atoms. The number of carbonyl (C=O) groups excluding carboxylic acids is 1. The van der Waals surface area contributed by atoms with Crippen LogP contribution in [0.5, 0.6) is 0 Å². The number of β-amino-alcohol motifs (C(OH)–C–C–N with tert-alkyl or cyclic N) is 1. The van der Waals surface area contributed by atoms with E-state index >= 15 is 0 Å². The first-order valence-electron chi connectivity index (χ1n) is 7.52. The van der Waals surface area contributed by atoms with Gasteiger partial charge in [0, 0.05) is 19.6 Å². The molecule has 2 amide bonds. The minimum atomic E-state index is -1.78. The standard InChI is InChI=1S/C14H24N2O4/c17-12(18)14(20)7-6-10-16(11-14)13(19)15-8-4-2-1-3-5-9-15/h20H,1-11H2,(H,17,18). The lowest BCUT2D eigenvalue weighted by atomic mass is 9.93. The maximum atomic E-state index is 12.5. The van der Waals surface area contributed by atoms with Crippen LogP contribution in [0, 0.1) is 0 Å². The summed E-state index contributed by atoms with van der Waals surface area (Å²) >= 11 is 0. The van der Waals surface area contributed by atoms with Crippen LogP contribution in [0.2, 0.25) is 0 Å². The van der Waals surface area contributed by atoms with Gasteiger partial charge in [-0.05, 0) is 25.7 Å². The lowest BCUT2D eigenvalue weighted by Crippen LogP contribution is -2.57. The number of urea groups is 1. The van der Waals surface area contributed by atoms with Crippen molar-refractivity contribution in [2.24, 2.45) is 0 Å². The van der Waals surface area contributed by atoms with Crippen molar-refractivity contribution >= 4 is 12.0 Å². The topological polar surface area (TPSA) is 81.1 Å². The second kappa shape index (κ2) is 6.43. The van der Waals surface area contributed by atoms with Crippen LogP contribution >= 0.6 is 0 Å². The Bertz CT molecular complexity index is 366. The van der Waals surface area contributed by atoms with Gasteiger partial charge >= 0.3 is 12.0 Å². The zero-order valence-corrected chi connectivity index (χ0v) is 11.9. The molecular weight excluding hydrogens is 260 g/mol. The van der Waals surface area contributed by atoms with Crippen molar-refractivity contribution in [2.75, 3.05) is 26.2 Å². The molecule has 0 radical (unpaired) electrons. The quantitative estimate of drug-likeness (QED) is 0.760. The second-order valence-corrected chi connectivity index (χ2v) is 5.90. The number of piperidine rings is 1. The Kier molecular flexibility index (Phi) is 4.86. The van der Waals surface area contributed by atoms with Gasteiger partial charge in [-0.1, -0.05) is 19.3 Å². The molecule has 0 saturated carbocycles. The Morgan fingerprint density at radius 3 is 2.00 bits per heavy atom. The van der Waals surface area contributed by atoms with E-state index in [4.69, 9.17) is 5.11 Å². The molecule has 2 aliphatic heterocycles. The molecule has 20 heavy (non-hydrogen) atoms. The largest absolute Gasteiger partial charge is 0.479 e. The fraction of sp³-hybridized carbons (Fsp3) is 0.857. The maximum Gasteiger partial charge on any atom is 0.337 e. The molecule has 6 heteroatoms. The minimum absolute atomic E-state index is 0.0995. The normalized spacial score (nSPS) is 28.6. The van der Waals surface area contributed by atoms with Gasteiger partial charge in [0.1, 0.15) is 0 Å². The SMILES string of the molecule is O=C(N1CCCCCCC1)N1CCCC(O)(C(=O)O)C1. The molecular formula is C14H24N2O4. The minimum Gasteiger partial charge on any atom is -0.479 e. The highest BCUT2D eigenvalue weighted by atomic mass is 16.4. The number of carboxylic acid groups (broad SMARTS) is 1. The van der Waals surface area contributed by atoms with Crippen molar-refractivity contribution in [1.82, 2.24) is 9.80 Å². The number of likely N-dealkylation sites (tertiary alicyclic amines) is 2. The molecule has 2 aliphatic rings. The van der Waals surface area contributed by atoms with E-state index in [1.165, 1.54) is 11.3 Å². The predicted molar refractivity (Wildman–Crippen MR) is 73.4 cm³/mol. The van der Waals surface area contributed by atoms with Crippen LogP contribution in [-0.2, 0) is 4.79 Å². The summed E-state index contributed by atoms with van der Waals surface area (Å²) in [5, 5.41) is 19.1. The van der Waals surface area contributed by atoms with Crippen LogP contribution in [-0.4, -0.2) is 63.8 Å². The first-order chi connectivity index (χ1) is 9.53. The third-order valence-corrected chi connectivity index (χ3v) is 4.27. The average Bonchev–Trinajstić information content (AvgIpc) is 2.37. The van der Waals surface area contributed by atoms with Gasteiger partial charge in [-0.2, -0.15) is 0 Å². The summed E-state index contributed by atoms with van der Waals surface area (Å²) in [5.74, 6) is -1.23. The van der Waals surface area contributed by atoms with Crippen molar-refractivity contribution < 1.29 is 19.8 Å². The summed E-state index contributed by atoms with van der Waals surface area (Å²) in [6.07, 6.45) is 6.26. The Balaban J connectivity index is 1.98. The van der Waals surface area contributed by atoms with E-state index in [1.807, 2.05) is 4.90 Å². The molecule has 0 aromatic heterocycles. The van der Waals surface area contributed by atoms with Gasteiger partial charge in [0.2, 0.25) is 0 Å². The van der Waals surface area contributed by atoms with Gasteiger partial charge in [0.15, 0.2) is 5.60 Å². The molecule has 6 nitrogen and oxygen atoms in total. The highest BCUT2D eigenvalue weighted by Crippen LogP contribution is 2.23. The van der Waals surface area contributed by atoms with Crippen LogP contribution in [0.4, 0.5) is 4.79 Å². The fourth-order valence-electron chi connectivity index (χ4n) is 3.01. The first-order valence-corrected chi connectivity index (χ1v) is 7.52. The number of carbonyl (C=O) groups is 2. The first kappa shape index (κ1) is 15.1. The van der Waals surface area contributed by atoms with E-state index in [9.17, 15) is 14.7 Å². The molecule has 0 aromatic carbocycles. The van der Waals surface area contributed by atoms with Crippen LogP contribution < -0.4 is 0 Å². The lowest BCUT2D eigenvalue weighted by Gasteiger charge is -2.39. The zero-order valence-electron chi connectivity index (χ0n) is 11.9. The van der Waals surface area contributed by atoms with Gasteiger partial charge in [0.05, 0.1) is 6.54 Å².